The van der Waals surface area contributed by atoms with E-state index >= 15 is 0 Å². The van der Waals surface area contributed by atoms with E-state index < -0.39 is 0 Å². The molecule has 0 aromatic heterocycles. The van der Waals surface area contributed by atoms with Crippen LogP contribution in [0.1, 0.15) is 30.7 Å². The molecule has 2 aliphatic rings. The van der Waals surface area contributed by atoms with E-state index in [4.69, 9.17) is 11.6 Å². The third kappa shape index (κ3) is 1.000. The van der Waals surface area contributed by atoms with Crippen LogP contribution < -0.4 is 5.32 Å². The summed E-state index contributed by atoms with van der Waals surface area (Å²) in [5.74, 6) is 0.684. The second-order valence-electron chi connectivity index (χ2n) is 3.99. The van der Waals surface area contributed by atoms with Crippen molar-refractivity contribution in [2.24, 2.45) is 0 Å². The molecular weight excluding hydrogens is 182 g/mol. The van der Waals surface area contributed by atoms with E-state index in [0.29, 0.717) is 12.0 Å². The molecule has 2 atom stereocenters. The smallest absolute Gasteiger partial charge is 0.0462 e. The fourth-order valence-electron chi connectivity index (χ4n) is 2.72. The number of halogens is 1. The van der Waals surface area contributed by atoms with Gasteiger partial charge in [-0.1, -0.05) is 24.1 Å². The summed E-state index contributed by atoms with van der Waals surface area (Å²) in [5.41, 5.74) is 2.63. The molecule has 0 radical (unpaired) electrons. The number of benzene rings is 1. The van der Waals surface area contributed by atoms with Crippen molar-refractivity contribution < 1.29 is 0 Å². The third-order valence-electron chi connectivity index (χ3n) is 3.28. The summed E-state index contributed by atoms with van der Waals surface area (Å²) in [6, 6.07) is 6.83. The molecule has 0 spiro atoms. The van der Waals surface area contributed by atoms with Crippen molar-refractivity contribution in [1.29, 1.82) is 0 Å². The molecule has 3 rings (SSSR count). The van der Waals surface area contributed by atoms with Gasteiger partial charge in [0, 0.05) is 22.7 Å². The highest BCUT2D eigenvalue weighted by molar-refractivity contribution is 6.32. The maximum atomic E-state index is 6.20. The molecule has 1 aliphatic heterocycles. The molecule has 2 unspecified atom stereocenters. The van der Waals surface area contributed by atoms with Crippen molar-refractivity contribution in [3.63, 3.8) is 0 Å². The zero-order chi connectivity index (χ0) is 8.84. The Hall–Kier alpha value is -0.690. The highest BCUT2D eigenvalue weighted by Gasteiger charge is 2.36. The Morgan fingerprint density at radius 2 is 2.23 bits per heavy atom. The summed E-state index contributed by atoms with van der Waals surface area (Å²) < 4.78 is 0. The number of anilines is 1. The predicted octanol–water partition coefficient (Wildman–Crippen LogP) is 3.40. The third-order valence-corrected chi connectivity index (χ3v) is 3.61. The lowest BCUT2D eigenvalue weighted by Crippen LogP contribution is -2.13. The van der Waals surface area contributed by atoms with Crippen LogP contribution in [0.15, 0.2) is 18.2 Å². The molecule has 0 amide bonds. The van der Waals surface area contributed by atoms with Gasteiger partial charge in [-0.25, -0.2) is 0 Å². The zero-order valence-corrected chi connectivity index (χ0v) is 8.14. The highest BCUT2D eigenvalue weighted by atomic mass is 35.5. The molecular formula is C11H12ClN. The molecule has 0 bridgehead atoms. The van der Waals surface area contributed by atoms with Gasteiger partial charge in [-0.3, -0.25) is 0 Å². The number of fused-ring (bicyclic) bond motifs is 3. The predicted molar refractivity (Wildman–Crippen MR) is 55.5 cm³/mol. The van der Waals surface area contributed by atoms with Gasteiger partial charge in [0.1, 0.15) is 0 Å². The van der Waals surface area contributed by atoms with E-state index in [1.807, 2.05) is 12.1 Å². The van der Waals surface area contributed by atoms with Gasteiger partial charge in [-0.05, 0) is 30.5 Å². The van der Waals surface area contributed by atoms with Crippen molar-refractivity contribution in [2.45, 2.75) is 31.2 Å². The second kappa shape index (κ2) is 2.65. The van der Waals surface area contributed by atoms with Gasteiger partial charge >= 0.3 is 0 Å². The minimum Gasteiger partial charge on any atom is -0.381 e. The molecule has 1 aliphatic carbocycles. The summed E-state index contributed by atoms with van der Waals surface area (Å²) in [6.45, 7) is 0. The van der Waals surface area contributed by atoms with Crippen molar-refractivity contribution in [1.82, 2.24) is 0 Å². The first-order valence-corrected chi connectivity index (χ1v) is 5.29. The first kappa shape index (κ1) is 7.69. The molecule has 1 aromatic rings. The van der Waals surface area contributed by atoms with Crippen molar-refractivity contribution >= 4 is 17.3 Å². The summed E-state index contributed by atoms with van der Waals surface area (Å²) >= 11 is 6.20. The second-order valence-corrected chi connectivity index (χ2v) is 4.40. The Bertz CT molecular complexity index is 348. The SMILES string of the molecule is Clc1cccc2c1C1CCCC1N2. The lowest BCUT2D eigenvalue weighted by atomic mass is 9.98. The molecule has 68 valence electrons. The Morgan fingerprint density at radius 1 is 1.31 bits per heavy atom. The quantitative estimate of drug-likeness (QED) is 0.666. The van der Waals surface area contributed by atoms with Crippen LogP contribution in [0.5, 0.6) is 0 Å². The molecule has 1 aromatic carbocycles. The normalized spacial score (nSPS) is 29.6. The van der Waals surface area contributed by atoms with Crippen LogP contribution >= 0.6 is 11.6 Å². The van der Waals surface area contributed by atoms with E-state index in [-0.39, 0.29) is 0 Å². The minimum atomic E-state index is 0.662. The Morgan fingerprint density at radius 3 is 3.15 bits per heavy atom. The number of hydrogen-bond acceptors (Lipinski definition) is 1. The van der Waals surface area contributed by atoms with Gasteiger partial charge in [0.2, 0.25) is 0 Å². The first-order chi connectivity index (χ1) is 6.36. The van der Waals surface area contributed by atoms with Gasteiger partial charge in [-0.2, -0.15) is 0 Å². The summed E-state index contributed by atoms with van der Waals surface area (Å²) in [7, 11) is 0. The van der Waals surface area contributed by atoms with Gasteiger partial charge in [0.05, 0.1) is 0 Å². The summed E-state index contributed by atoms with van der Waals surface area (Å²) in [4.78, 5) is 0. The van der Waals surface area contributed by atoms with E-state index in [0.717, 1.165) is 5.02 Å². The van der Waals surface area contributed by atoms with E-state index in [1.165, 1.54) is 30.5 Å². The maximum Gasteiger partial charge on any atom is 0.0462 e. The van der Waals surface area contributed by atoms with Crippen molar-refractivity contribution in [3.05, 3.63) is 28.8 Å². The number of nitrogens with one attached hydrogen (secondary N) is 1. The molecule has 1 nitrogen and oxygen atoms in total. The molecule has 0 saturated heterocycles. The average molecular weight is 194 g/mol. The number of hydrogen-bond donors (Lipinski definition) is 1. The molecule has 2 heteroatoms. The van der Waals surface area contributed by atoms with E-state index in [9.17, 15) is 0 Å². The van der Waals surface area contributed by atoms with Crippen molar-refractivity contribution in [3.8, 4) is 0 Å². The van der Waals surface area contributed by atoms with Gasteiger partial charge < -0.3 is 5.32 Å². The first-order valence-electron chi connectivity index (χ1n) is 4.91. The van der Waals surface area contributed by atoms with Crippen LogP contribution in [0.25, 0.3) is 0 Å². The fourth-order valence-corrected chi connectivity index (χ4v) is 3.03. The maximum absolute atomic E-state index is 6.20. The van der Waals surface area contributed by atoms with E-state index in [2.05, 4.69) is 11.4 Å². The molecule has 1 N–H and O–H groups in total. The van der Waals surface area contributed by atoms with Crippen molar-refractivity contribution in [2.75, 3.05) is 5.32 Å². The van der Waals surface area contributed by atoms with Crippen LogP contribution in [-0.4, -0.2) is 6.04 Å². The molecule has 1 heterocycles. The van der Waals surface area contributed by atoms with Gasteiger partial charge in [0.15, 0.2) is 0 Å². The van der Waals surface area contributed by atoms with Crippen LogP contribution in [0.2, 0.25) is 5.02 Å². The Kier molecular flexibility index (Phi) is 1.57. The summed E-state index contributed by atoms with van der Waals surface area (Å²) in [5, 5.41) is 4.50. The van der Waals surface area contributed by atoms with Gasteiger partial charge in [-0.15, -0.1) is 0 Å². The monoisotopic (exact) mass is 193 g/mol. The average Bonchev–Trinajstić information content (AvgIpc) is 2.62. The lowest BCUT2D eigenvalue weighted by molar-refractivity contribution is 0.690. The summed E-state index contributed by atoms with van der Waals surface area (Å²) in [6.07, 6.45) is 3.94. The Balaban J connectivity index is 2.14. The zero-order valence-electron chi connectivity index (χ0n) is 7.39. The minimum absolute atomic E-state index is 0.662. The van der Waals surface area contributed by atoms with Crippen LogP contribution in [0, 0.1) is 0 Å². The van der Waals surface area contributed by atoms with E-state index in [1.54, 1.807) is 0 Å². The van der Waals surface area contributed by atoms with Gasteiger partial charge in [0.25, 0.3) is 0 Å². The standard InChI is InChI=1S/C11H12ClN/c12-8-4-2-6-10-11(8)7-3-1-5-9(7)13-10/h2,4,6-7,9,13H,1,3,5H2. The molecule has 13 heavy (non-hydrogen) atoms. The highest BCUT2D eigenvalue weighted by Crippen LogP contribution is 2.47. The van der Waals surface area contributed by atoms with Crippen LogP contribution in [0.4, 0.5) is 5.69 Å². The topological polar surface area (TPSA) is 12.0 Å². The molecule has 1 saturated carbocycles. The lowest BCUT2D eigenvalue weighted by Gasteiger charge is -2.09. The molecule has 1 fully saturated rings. The fraction of sp³-hybridized carbons (Fsp3) is 0.455. The largest absolute Gasteiger partial charge is 0.381 e. The van der Waals surface area contributed by atoms with Crippen LogP contribution in [-0.2, 0) is 0 Å². The number of rotatable bonds is 0. The van der Waals surface area contributed by atoms with Crippen LogP contribution in [0.3, 0.4) is 0 Å². The Labute approximate surface area is 83.1 Å².